The molecule has 6 rings (SSSR count). The van der Waals surface area contributed by atoms with Gasteiger partial charge in [0.05, 0.1) is 23.6 Å². The molecule has 0 unspecified atom stereocenters. The first-order valence-corrected chi connectivity index (χ1v) is 14.1. The van der Waals surface area contributed by atoms with Crippen LogP contribution >= 0.6 is 24.8 Å². The van der Waals surface area contributed by atoms with E-state index in [1.54, 1.807) is 0 Å². The zero-order chi connectivity index (χ0) is 26.4. The Bertz CT molecular complexity index is 1510. The Hall–Kier alpha value is -3.35. The topological polar surface area (TPSA) is 33.4 Å². The maximum atomic E-state index is 13.5. The SMILES string of the molecule is Cl.Cl.O=c1n(CCCN2CCN(C(c3ccccc3)c3ccccc3)CC2)c2ccccc2n1Cc1ccccc1. The number of para-hydroxylation sites is 2. The fourth-order valence-corrected chi connectivity index (χ4v) is 5.99. The van der Waals surface area contributed by atoms with Crippen molar-refractivity contribution in [3.8, 4) is 0 Å². The van der Waals surface area contributed by atoms with Crippen molar-refractivity contribution in [2.75, 3.05) is 32.7 Å². The highest BCUT2D eigenvalue weighted by atomic mass is 35.5. The molecule has 0 bridgehead atoms. The molecule has 1 aliphatic rings. The molecule has 0 spiro atoms. The van der Waals surface area contributed by atoms with E-state index in [4.69, 9.17) is 0 Å². The van der Waals surface area contributed by atoms with Gasteiger partial charge < -0.3 is 4.90 Å². The van der Waals surface area contributed by atoms with Crippen LogP contribution in [0.4, 0.5) is 0 Å². The van der Waals surface area contributed by atoms with Gasteiger partial charge in [-0.1, -0.05) is 103 Å². The van der Waals surface area contributed by atoms with E-state index < -0.39 is 0 Å². The van der Waals surface area contributed by atoms with Gasteiger partial charge in [-0.05, 0) is 41.8 Å². The first-order valence-electron chi connectivity index (χ1n) is 14.1. The van der Waals surface area contributed by atoms with Crippen molar-refractivity contribution in [3.05, 3.63) is 142 Å². The smallest absolute Gasteiger partial charge is 0.301 e. The number of benzene rings is 4. The Balaban J connectivity index is 0.00000194. The number of halogens is 2. The number of nitrogens with zero attached hydrogens (tertiary/aromatic N) is 4. The normalized spacial score (nSPS) is 14.1. The Morgan fingerprint density at radius 1 is 0.561 bits per heavy atom. The van der Waals surface area contributed by atoms with Crippen LogP contribution in [0.2, 0.25) is 0 Å². The van der Waals surface area contributed by atoms with Crippen molar-refractivity contribution < 1.29 is 0 Å². The monoisotopic (exact) mass is 588 g/mol. The number of hydrogen-bond acceptors (Lipinski definition) is 3. The summed E-state index contributed by atoms with van der Waals surface area (Å²) < 4.78 is 3.88. The van der Waals surface area contributed by atoms with Crippen LogP contribution in [0.5, 0.6) is 0 Å². The largest absolute Gasteiger partial charge is 0.329 e. The summed E-state index contributed by atoms with van der Waals surface area (Å²) in [5, 5.41) is 0. The molecule has 1 aliphatic heterocycles. The number of imidazole rings is 1. The lowest BCUT2D eigenvalue weighted by atomic mass is 9.96. The van der Waals surface area contributed by atoms with Gasteiger partial charge >= 0.3 is 5.69 Å². The third-order valence-corrected chi connectivity index (χ3v) is 7.97. The molecule has 0 saturated carbocycles. The summed E-state index contributed by atoms with van der Waals surface area (Å²) >= 11 is 0. The summed E-state index contributed by atoms with van der Waals surface area (Å²) in [5.74, 6) is 0. The Morgan fingerprint density at radius 2 is 1.05 bits per heavy atom. The van der Waals surface area contributed by atoms with Crippen molar-refractivity contribution in [2.24, 2.45) is 0 Å². The second kappa shape index (κ2) is 14.5. The molecule has 0 N–H and O–H groups in total. The van der Waals surface area contributed by atoms with Crippen LogP contribution in [-0.4, -0.2) is 51.7 Å². The molecule has 7 heteroatoms. The van der Waals surface area contributed by atoms with E-state index in [2.05, 4.69) is 94.7 Å². The molecule has 1 aromatic heterocycles. The standard InChI is InChI=1S/C34H36N4O.2ClH/c39-34-37(31-19-10-11-20-32(31)38(34)27-28-13-4-1-5-14-28)22-12-21-35-23-25-36(26-24-35)33(29-15-6-2-7-16-29)30-17-8-3-9-18-30;;/h1-11,13-20,33H,12,21-27H2;2*1H. The maximum absolute atomic E-state index is 13.5. The van der Waals surface area contributed by atoms with Crippen molar-refractivity contribution in [1.29, 1.82) is 0 Å². The van der Waals surface area contributed by atoms with E-state index in [-0.39, 0.29) is 36.5 Å². The van der Waals surface area contributed by atoms with E-state index in [0.717, 1.165) is 62.3 Å². The van der Waals surface area contributed by atoms with Gasteiger partial charge in [-0.2, -0.15) is 0 Å². The minimum Gasteiger partial charge on any atom is -0.301 e. The Kier molecular flexibility index (Phi) is 10.8. The average Bonchev–Trinajstić information content (AvgIpc) is 3.26. The summed E-state index contributed by atoms with van der Waals surface area (Å²) in [6.45, 7) is 6.48. The number of hydrogen-bond donors (Lipinski definition) is 0. The van der Waals surface area contributed by atoms with Crippen molar-refractivity contribution in [3.63, 3.8) is 0 Å². The summed E-state index contributed by atoms with van der Waals surface area (Å²) in [6, 6.07) is 40.4. The molecular formula is C34H38Cl2N4O. The van der Waals surface area contributed by atoms with Crippen LogP contribution in [0.3, 0.4) is 0 Å². The van der Waals surface area contributed by atoms with E-state index >= 15 is 0 Å². The van der Waals surface area contributed by atoms with Gasteiger partial charge in [-0.15, -0.1) is 24.8 Å². The second-order valence-electron chi connectivity index (χ2n) is 10.4. The van der Waals surface area contributed by atoms with Crippen molar-refractivity contribution in [1.82, 2.24) is 18.9 Å². The van der Waals surface area contributed by atoms with Crippen LogP contribution in [0.25, 0.3) is 11.0 Å². The number of aromatic nitrogens is 2. The molecule has 1 fully saturated rings. The highest BCUT2D eigenvalue weighted by Crippen LogP contribution is 2.29. The van der Waals surface area contributed by atoms with E-state index in [9.17, 15) is 4.79 Å². The van der Waals surface area contributed by atoms with Crippen LogP contribution < -0.4 is 5.69 Å². The number of piperazine rings is 1. The number of rotatable bonds is 9. The van der Waals surface area contributed by atoms with Crippen LogP contribution in [-0.2, 0) is 13.1 Å². The van der Waals surface area contributed by atoms with Crippen molar-refractivity contribution >= 4 is 35.8 Å². The molecule has 1 saturated heterocycles. The van der Waals surface area contributed by atoms with Crippen LogP contribution in [0, 0.1) is 0 Å². The lowest BCUT2D eigenvalue weighted by Crippen LogP contribution is -2.48. The molecule has 0 aliphatic carbocycles. The van der Waals surface area contributed by atoms with Crippen LogP contribution in [0.15, 0.2) is 120 Å². The predicted octanol–water partition coefficient (Wildman–Crippen LogP) is 6.49. The predicted molar refractivity (Wildman–Crippen MR) is 174 cm³/mol. The summed E-state index contributed by atoms with van der Waals surface area (Å²) in [4.78, 5) is 18.6. The molecule has 214 valence electrons. The first-order chi connectivity index (χ1) is 19.3. The molecule has 0 amide bonds. The Morgan fingerprint density at radius 3 is 1.61 bits per heavy atom. The minimum atomic E-state index is 0. The first kappa shape index (κ1) is 30.6. The van der Waals surface area contributed by atoms with Gasteiger partial charge in [-0.25, -0.2) is 4.79 Å². The van der Waals surface area contributed by atoms with Gasteiger partial charge in [0.15, 0.2) is 0 Å². The molecule has 2 heterocycles. The zero-order valence-electron chi connectivity index (χ0n) is 23.2. The molecule has 4 aromatic carbocycles. The fourth-order valence-electron chi connectivity index (χ4n) is 5.99. The Labute approximate surface area is 254 Å². The summed E-state index contributed by atoms with van der Waals surface area (Å²) in [7, 11) is 0. The van der Waals surface area contributed by atoms with Crippen LogP contribution in [0.1, 0.15) is 29.2 Å². The summed E-state index contributed by atoms with van der Waals surface area (Å²) in [5.41, 5.74) is 5.96. The van der Waals surface area contributed by atoms with Gasteiger partial charge in [0.2, 0.25) is 0 Å². The zero-order valence-corrected chi connectivity index (χ0v) is 24.9. The second-order valence-corrected chi connectivity index (χ2v) is 10.4. The molecule has 0 atom stereocenters. The summed E-state index contributed by atoms with van der Waals surface area (Å²) in [6.07, 6.45) is 0.958. The van der Waals surface area contributed by atoms with Gasteiger partial charge in [0.25, 0.3) is 0 Å². The van der Waals surface area contributed by atoms with Crippen molar-refractivity contribution in [2.45, 2.75) is 25.6 Å². The molecule has 41 heavy (non-hydrogen) atoms. The van der Waals surface area contributed by atoms with E-state index in [1.165, 1.54) is 11.1 Å². The molecule has 5 aromatic rings. The lowest BCUT2D eigenvalue weighted by molar-refractivity contribution is 0.108. The number of fused-ring (bicyclic) bond motifs is 1. The third-order valence-electron chi connectivity index (χ3n) is 7.97. The highest BCUT2D eigenvalue weighted by molar-refractivity contribution is 5.85. The van der Waals surface area contributed by atoms with E-state index in [1.807, 2.05) is 39.5 Å². The maximum Gasteiger partial charge on any atom is 0.329 e. The highest BCUT2D eigenvalue weighted by Gasteiger charge is 2.26. The minimum absolute atomic E-state index is 0. The number of aryl methyl sites for hydroxylation is 1. The third kappa shape index (κ3) is 6.94. The quantitative estimate of drug-likeness (QED) is 0.197. The van der Waals surface area contributed by atoms with Gasteiger partial charge in [0.1, 0.15) is 0 Å². The van der Waals surface area contributed by atoms with Gasteiger partial charge in [0, 0.05) is 32.7 Å². The fraction of sp³-hybridized carbons (Fsp3) is 0.265. The molecule has 0 radical (unpaired) electrons. The van der Waals surface area contributed by atoms with Gasteiger partial charge in [-0.3, -0.25) is 14.0 Å². The molecule has 5 nitrogen and oxygen atoms in total. The average molecular weight is 590 g/mol. The van der Waals surface area contributed by atoms with E-state index in [0.29, 0.717) is 6.54 Å². The molecular weight excluding hydrogens is 551 g/mol. The lowest BCUT2D eigenvalue weighted by Gasteiger charge is -2.39.